The summed E-state index contributed by atoms with van der Waals surface area (Å²) in [5.74, 6) is 0.867. The molecule has 0 aliphatic carbocycles. The molecule has 2 rings (SSSR count). The third-order valence-corrected chi connectivity index (χ3v) is 4.06. The van der Waals surface area contributed by atoms with Gasteiger partial charge >= 0.3 is 0 Å². The standard InChI is InChI=1S/C18H28N4/c1-4-11-20-18(19-5-2)21-13-15(3)22-12-10-16-8-6-7-9-17(16)14-22/h4,6-9,15H,1,5,10-14H2,2-3H3,(H2,19,20,21). The molecule has 0 bridgehead atoms. The molecule has 1 aliphatic rings. The minimum atomic E-state index is 0.438. The number of rotatable bonds is 6. The first-order chi connectivity index (χ1) is 10.7. The second-order valence-corrected chi connectivity index (χ2v) is 5.73. The summed E-state index contributed by atoms with van der Waals surface area (Å²) < 4.78 is 0. The van der Waals surface area contributed by atoms with Crippen molar-refractivity contribution in [3.8, 4) is 0 Å². The molecule has 1 aliphatic heterocycles. The summed E-state index contributed by atoms with van der Waals surface area (Å²) in [5, 5.41) is 6.51. The van der Waals surface area contributed by atoms with Gasteiger partial charge in [0.25, 0.3) is 0 Å². The summed E-state index contributed by atoms with van der Waals surface area (Å²) in [5.41, 5.74) is 2.96. The summed E-state index contributed by atoms with van der Waals surface area (Å²) in [7, 11) is 0. The van der Waals surface area contributed by atoms with E-state index in [1.54, 1.807) is 0 Å². The van der Waals surface area contributed by atoms with E-state index in [1.807, 2.05) is 6.08 Å². The molecular formula is C18H28N4. The molecule has 120 valence electrons. The zero-order valence-electron chi connectivity index (χ0n) is 13.8. The van der Waals surface area contributed by atoms with Crippen LogP contribution in [0, 0.1) is 0 Å². The van der Waals surface area contributed by atoms with E-state index in [0.717, 1.165) is 45.1 Å². The lowest BCUT2D eigenvalue weighted by molar-refractivity contribution is 0.195. The number of benzene rings is 1. The number of aliphatic imine (C=N–C) groups is 1. The number of hydrogen-bond donors (Lipinski definition) is 2. The molecule has 0 saturated heterocycles. The fraction of sp³-hybridized carbons (Fsp3) is 0.500. The van der Waals surface area contributed by atoms with Crippen molar-refractivity contribution in [2.75, 3.05) is 26.2 Å². The number of nitrogens with one attached hydrogen (secondary N) is 2. The molecular weight excluding hydrogens is 272 g/mol. The Hall–Kier alpha value is -1.81. The first kappa shape index (κ1) is 16.6. The maximum absolute atomic E-state index is 4.69. The molecule has 4 heteroatoms. The molecule has 2 N–H and O–H groups in total. The molecule has 1 heterocycles. The zero-order valence-corrected chi connectivity index (χ0v) is 13.8. The van der Waals surface area contributed by atoms with E-state index in [9.17, 15) is 0 Å². The van der Waals surface area contributed by atoms with Gasteiger partial charge in [-0.25, -0.2) is 0 Å². The second kappa shape index (κ2) is 8.59. The van der Waals surface area contributed by atoms with Crippen LogP contribution < -0.4 is 10.6 Å². The summed E-state index contributed by atoms with van der Waals surface area (Å²) in [6.45, 7) is 12.6. The highest BCUT2D eigenvalue weighted by Crippen LogP contribution is 2.20. The summed E-state index contributed by atoms with van der Waals surface area (Å²) in [4.78, 5) is 7.20. The van der Waals surface area contributed by atoms with Gasteiger partial charge in [0.05, 0.1) is 6.54 Å². The van der Waals surface area contributed by atoms with Gasteiger partial charge in [-0.2, -0.15) is 0 Å². The summed E-state index contributed by atoms with van der Waals surface area (Å²) in [6.07, 6.45) is 2.98. The van der Waals surface area contributed by atoms with Gasteiger partial charge < -0.3 is 10.6 Å². The lowest BCUT2D eigenvalue weighted by Gasteiger charge is -2.33. The fourth-order valence-electron chi connectivity index (χ4n) is 2.74. The van der Waals surface area contributed by atoms with Crippen LogP contribution in [-0.2, 0) is 13.0 Å². The van der Waals surface area contributed by atoms with Crippen LogP contribution in [-0.4, -0.2) is 43.1 Å². The van der Waals surface area contributed by atoms with E-state index in [2.05, 4.69) is 65.2 Å². The smallest absolute Gasteiger partial charge is 0.191 e. The van der Waals surface area contributed by atoms with Crippen molar-refractivity contribution >= 4 is 5.96 Å². The Morgan fingerprint density at radius 1 is 1.36 bits per heavy atom. The molecule has 0 spiro atoms. The van der Waals surface area contributed by atoms with Crippen LogP contribution in [0.3, 0.4) is 0 Å². The number of hydrogen-bond acceptors (Lipinski definition) is 2. The second-order valence-electron chi connectivity index (χ2n) is 5.73. The van der Waals surface area contributed by atoms with Crippen molar-refractivity contribution < 1.29 is 0 Å². The fourth-order valence-corrected chi connectivity index (χ4v) is 2.74. The molecule has 1 unspecified atom stereocenters. The average molecular weight is 300 g/mol. The van der Waals surface area contributed by atoms with Crippen LogP contribution in [0.1, 0.15) is 25.0 Å². The first-order valence-corrected chi connectivity index (χ1v) is 8.18. The molecule has 0 amide bonds. The van der Waals surface area contributed by atoms with Crippen molar-refractivity contribution in [1.29, 1.82) is 0 Å². The van der Waals surface area contributed by atoms with Crippen molar-refractivity contribution in [3.05, 3.63) is 48.0 Å². The molecule has 0 saturated carbocycles. The molecule has 1 aromatic carbocycles. The number of fused-ring (bicyclic) bond motifs is 1. The Kier molecular flexibility index (Phi) is 6.46. The van der Waals surface area contributed by atoms with E-state index in [-0.39, 0.29) is 0 Å². The number of guanidine groups is 1. The highest BCUT2D eigenvalue weighted by atomic mass is 15.2. The normalized spacial score (nSPS) is 16.7. The van der Waals surface area contributed by atoms with Crippen LogP contribution in [0.2, 0.25) is 0 Å². The lowest BCUT2D eigenvalue weighted by atomic mass is 9.99. The molecule has 0 fully saturated rings. The van der Waals surface area contributed by atoms with Gasteiger partial charge in [0.2, 0.25) is 0 Å². The van der Waals surface area contributed by atoms with Gasteiger partial charge in [-0.3, -0.25) is 9.89 Å². The molecule has 22 heavy (non-hydrogen) atoms. The van der Waals surface area contributed by atoms with Crippen LogP contribution >= 0.6 is 0 Å². The topological polar surface area (TPSA) is 39.7 Å². The monoisotopic (exact) mass is 300 g/mol. The van der Waals surface area contributed by atoms with Gasteiger partial charge in [-0.15, -0.1) is 6.58 Å². The highest BCUT2D eigenvalue weighted by Gasteiger charge is 2.20. The average Bonchev–Trinajstić information content (AvgIpc) is 2.56. The van der Waals surface area contributed by atoms with Crippen molar-refractivity contribution in [2.45, 2.75) is 32.9 Å². The Morgan fingerprint density at radius 2 is 2.14 bits per heavy atom. The van der Waals surface area contributed by atoms with E-state index in [0.29, 0.717) is 6.04 Å². The molecule has 1 aromatic rings. The van der Waals surface area contributed by atoms with Crippen molar-refractivity contribution in [1.82, 2.24) is 15.5 Å². The van der Waals surface area contributed by atoms with Gasteiger partial charge in [0, 0.05) is 32.2 Å². The summed E-state index contributed by atoms with van der Waals surface area (Å²) >= 11 is 0. The van der Waals surface area contributed by atoms with Crippen LogP contribution in [0.25, 0.3) is 0 Å². The number of nitrogens with zero attached hydrogens (tertiary/aromatic N) is 2. The Bertz CT molecular complexity index is 510. The summed E-state index contributed by atoms with van der Waals surface area (Å²) in [6, 6.07) is 9.20. The lowest BCUT2D eigenvalue weighted by Crippen LogP contribution is -2.41. The molecule has 0 aromatic heterocycles. The van der Waals surface area contributed by atoms with Crippen LogP contribution in [0.15, 0.2) is 41.9 Å². The largest absolute Gasteiger partial charge is 0.357 e. The minimum absolute atomic E-state index is 0.438. The first-order valence-electron chi connectivity index (χ1n) is 8.18. The Labute approximate surface area is 134 Å². The maximum atomic E-state index is 4.69. The van der Waals surface area contributed by atoms with Crippen molar-refractivity contribution in [2.24, 2.45) is 4.99 Å². The predicted molar refractivity (Wildman–Crippen MR) is 94.2 cm³/mol. The third-order valence-electron chi connectivity index (χ3n) is 4.06. The van der Waals surface area contributed by atoms with E-state index >= 15 is 0 Å². The third kappa shape index (κ3) is 4.60. The van der Waals surface area contributed by atoms with Crippen molar-refractivity contribution in [3.63, 3.8) is 0 Å². The molecule has 4 nitrogen and oxygen atoms in total. The van der Waals surface area contributed by atoms with Crippen LogP contribution in [0.5, 0.6) is 0 Å². The Morgan fingerprint density at radius 3 is 2.86 bits per heavy atom. The zero-order chi connectivity index (χ0) is 15.8. The van der Waals surface area contributed by atoms with Gasteiger partial charge in [0.1, 0.15) is 0 Å². The molecule has 1 atom stereocenters. The van der Waals surface area contributed by atoms with Crippen LogP contribution in [0.4, 0.5) is 0 Å². The minimum Gasteiger partial charge on any atom is -0.357 e. The SMILES string of the molecule is C=CCNC(=NCC(C)N1CCc2ccccc2C1)NCC. The van der Waals surface area contributed by atoms with E-state index < -0.39 is 0 Å². The van der Waals surface area contributed by atoms with E-state index in [1.165, 1.54) is 11.1 Å². The van der Waals surface area contributed by atoms with Gasteiger partial charge in [-0.05, 0) is 31.4 Å². The molecule has 0 radical (unpaired) electrons. The Balaban J connectivity index is 1.91. The van der Waals surface area contributed by atoms with E-state index in [4.69, 9.17) is 0 Å². The maximum Gasteiger partial charge on any atom is 0.191 e. The van der Waals surface area contributed by atoms with Gasteiger partial charge in [-0.1, -0.05) is 30.3 Å². The predicted octanol–water partition coefficient (Wildman–Crippen LogP) is 2.17. The van der Waals surface area contributed by atoms with Gasteiger partial charge in [0.15, 0.2) is 5.96 Å². The quantitative estimate of drug-likeness (QED) is 0.480. The highest BCUT2D eigenvalue weighted by molar-refractivity contribution is 5.79.